The largest absolute Gasteiger partial charge is 0.336 e. The van der Waals surface area contributed by atoms with Crippen LogP contribution in [-0.4, -0.2) is 37.0 Å². The van der Waals surface area contributed by atoms with E-state index in [0.717, 1.165) is 37.3 Å². The molecule has 1 heterocycles. The van der Waals surface area contributed by atoms with Crippen molar-refractivity contribution in [3.63, 3.8) is 0 Å². The SMILES string of the molecule is CCC(CC)c1ccc(-c2ccc(C(=O)N3CCNCC3)cc2)cc1. The molecule has 1 amide bonds. The highest BCUT2D eigenvalue weighted by Crippen LogP contribution is 2.26. The second kappa shape index (κ2) is 8.30. The third-order valence-corrected chi connectivity index (χ3v) is 5.24. The molecule has 3 heteroatoms. The summed E-state index contributed by atoms with van der Waals surface area (Å²) < 4.78 is 0. The van der Waals surface area contributed by atoms with E-state index in [0.29, 0.717) is 5.92 Å². The molecule has 3 nitrogen and oxygen atoms in total. The number of benzene rings is 2. The molecule has 1 fully saturated rings. The molecule has 0 atom stereocenters. The second-order valence-corrected chi connectivity index (χ2v) is 6.75. The molecule has 0 radical (unpaired) electrons. The third-order valence-electron chi connectivity index (χ3n) is 5.24. The molecule has 132 valence electrons. The average molecular weight is 336 g/mol. The third kappa shape index (κ3) is 4.10. The molecule has 0 aliphatic carbocycles. The topological polar surface area (TPSA) is 32.3 Å². The van der Waals surface area contributed by atoms with Gasteiger partial charge in [0.25, 0.3) is 5.91 Å². The van der Waals surface area contributed by atoms with E-state index in [-0.39, 0.29) is 5.91 Å². The highest BCUT2D eigenvalue weighted by molar-refractivity contribution is 5.94. The van der Waals surface area contributed by atoms with Gasteiger partial charge in [0.15, 0.2) is 0 Å². The highest BCUT2D eigenvalue weighted by Gasteiger charge is 2.17. The molecule has 1 N–H and O–H groups in total. The van der Waals surface area contributed by atoms with Gasteiger partial charge >= 0.3 is 0 Å². The fourth-order valence-corrected chi connectivity index (χ4v) is 3.56. The van der Waals surface area contributed by atoms with Gasteiger partial charge in [-0.1, -0.05) is 50.2 Å². The molecular formula is C22H28N2O. The number of rotatable bonds is 5. The summed E-state index contributed by atoms with van der Waals surface area (Å²) >= 11 is 0. The number of nitrogens with zero attached hydrogens (tertiary/aromatic N) is 1. The van der Waals surface area contributed by atoms with Crippen molar-refractivity contribution in [1.29, 1.82) is 0 Å². The summed E-state index contributed by atoms with van der Waals surface area (Å²) in [7, 11) is 0. The summed E-state index contributed by atoms with van der Waals surface area (Å²) in [4.78, 5) is 14.5. The zero-order chi connectivity index (χ0) is 17.6. The van der Waals surface area contributed by atoms with Gasteiger partial charge in [0.2, 0.25) is 0 Å². The second-order valence-electron chi connectivity index (χ2n) is 6.75. The minimum atomic E-state index is 0.136. The summed E-state index contributed by atoms with van der Waals surface area (Å²) in [5, 5.41) is 3.28. The Morgan fingerprint density at radius 3 is 1.96 bits per heavy atom. The van der Waals surface area contributed by atoms with Crippen molar-refractivity contribution < 1.29 is 4.79 Å². The van der Waals surface area contributed by atoms with Crippen LogP contribution in [0.1, 0.15) is 48.5 Å². The van der Waals surface area contributed by atoms with Crippen LogP contribution in [0, 0.1) is 0 Å². The quantitative estimate of drug-likeness (QED) is 0.883. The molecule has 0 saturated carbocycles. The zero-order valence-electron chi connectivity index (χ0n) is 15.3. The first-order chi connectivity index (χ1) is 12.2. The first-order valence-electron chi connectivity index (χ1n) is 9.43. The number of hydrogen-bond donors (Lipinski definition) is 1. The van der Waals surface area contributed by atoms with Crippen molar-refractivity contribution in [1.82, 2.24) is 10.2 Å². The van der Waals surface area contributed by atoms with Crippen molar-refractivity contribution in [2.24, 2.45) is 0 Å². The summed E-state index contributed by atoms with van der Waals surface area (Å²) in [5.41, 5.74) is 4.56. The zero-order valence-corrected chi connectivity index (χ0v) is 15.3. The van der Waals surface area contributed by atoms with Crippen molar-refractivity contribution in [3.05, 3.63) is 59.7 Å². The van der Waals surface area contributed by atoms with Crippen LogP contribution in [0.5, 0.6) is 0 Å². The summed E-state index contributed by atoms with van der Waals surface area (Å²) in [6, 6.07) is 16.9. The molecule has 0 bridgehead atoms. The lowest BCUT2D eigenvalue weighted by Crippen LogP contribution is -2.46. The lowest BCUT2D eigenvalue weighted by atomic mass is 9.92. The van der Waals surface area contributed by atoms with E-state index in [9.17, 15) is 4.79 Å². The molecule has 2 aromatic carbocycles. The lowest BCUT2D eigenvalue weighted by molar-refractivity contribution is 0.0736. The summed E-state index contributed by atoms with van der Waals surface area (Å²) in [5.74, 6) is 0.783. The van der Waals surface area contributed by atoms with E-state index in [1.165, 1.54) is 24.0 Å². The average Bonchev–Trinajstić information content (AvgIpc) is 2.70. The molecule has 0 unspecified atom stereocenters. The molecule has 0 aromatic heterocycles. The molecule has 1 aliphatic rings. The standard InChI is InChI=1S/C22H28N2O/c1-3-17(4-2)18-5-7-19(8-6-18)20-9-11-21(12-10-20)22(25)24-15-13-23-14-16-24/h5-12,17,23H,3-4,13-16H2,1-2H3. The number of amides is 1. The Hall–Kier alpha value is -2.13. The van der Waals surface area contributed by atoms with Gasteiger partial charge in [-0.3, -0.25) is 4.79 Å². The van der Waals surface area contributed by atoms with Crippen LogP contribution < -0.4 is 5.32 Å². The summed E-state index contributed by atoms with van der Waals surface area (Å²) in [6.07, 6.45) is 2.36. The van der Waals surface area contributed by atoms with Gasteiger partial charge in [-0.15, -0.1) is 0 Å². The molecule has 25 heavy (non-hydrogen) atoms. The minimum absolute atomic E-state index is 0.136. The molecule has 3 rings (SSSR count). The monoisotopic (exact) mass is 336 g/mol. The minimum Gasteiger partial charge on any atom is -0.336 e. The Balaban J connectivity index is 1.72. The Bertz CT molecular complexity index is 681. The first-order valence-corrected chi connectivity index (χ1v) is 9.43. The van der Waals surface area contributed by atoms with Gasteiger partial charge in [0, 0.05) is 31.7 Å². The fourth-order valence-electron chi connectivity index (χ4n) is 3.56. The Kier molecular flexibility index (Phi) is 5.87. The van der Waals surface area contributed by atoms with Crippen molar-refractivity contribution in [2.75, 3.05) is 26.2 Å². The number of carbonyl (C=O) groups excluding carboxylic acids is 1. The maximum absolute atomic E-state index is 12.5. The van der Waals surface area contributed by atoms with E-state index in [4.69, 9.17) is 0 Å². The van der Waals surface area contributed by atoms with E-state index in [1.807, 2.05) is 17.0 Å². The number of carbonyl (C=O) groups is 1. The van der Waals surface area contributed by atoms with Crippen LogP contribution in [0.3, 0.4) is 0 Å². The number of nitrogens with one attached hydrogen (secondary N) is 1. The number of hydrogen-bond acceptors (Lipinski definition) is 2. The van der Waals surface area contributed by atoms with Crippen LogP contribution in [0.4, 0.5) is 0 Å². The Labute approximate surface area is 151 Å². The maximum Gasteiger partial charge on any atom is 0.253 e. The first kappa shape index (κ1) is 17.7. The van der Waals surface area contributed by atoms with Crippen molar-refractivity contribution in [3.8, 4) is 11.1 Å². The lowest BCUT2D eigenvalue weighted by Gasteiger charge is -2.27. The van der Waals surface area contributed by atoms with Gasteiger partial charge in [-0.2, -0.15) is 0 Å². The maximum atomic E-state index is 12.5. The van der Waals surface area contributed by atoms with Crippen molar-refractivity contribution >= 4 is 5.91 Å². The molecular weight excluding hydrogens is 308 g/mol. The normalized spacial score (nSPS) is 14.8. The van der Waals surface area contributed by atoms with Gasteiger partial charge in [0.1, 0.15) is 0 Å². The van der Waals surface area contributed by atoms with Gasteiger partial charge in [-0.25, -0.2) is 0 Å². The molecule has 0 spiro atoms. The van der Waals surface area contributed by atoms with E-state index in [1.54, 1.807) is 0 Å². The van der Waals surface area contributed by atoms with Crippen LogP contribution in [0.15, 0.2) is 48.5 Å². The Morgan fingerprint density at radius 1 is 0.920 bits per heavy atom. The van der Waals surface area contributed by atoms with Crippen LogP contribution in [-0.2, 0) is 0 Å². The predicted molar refractivity (Wildman–Crippen MR) is 104 cm³/mol. The van der Waals surface area contributed by atoms with Gasteiger partial charge < -0.3 is 10.2 Å². The van der Waals surface area contributed by atoms with Crippen molar-refractivity contribution in [2.45, 2.75) is 32.6 Å². The number of piperazine rings is 1. The van der Waals surface area contributed by atoms with Crippen LogP contribution in [0.25, 0.3) is 11.1 Å². The molecule has 1 aliphatic heterocycles. The van der Waals surface area contributed by atoms with Crippen LogP contribution >= 0.6 is 0 Å². The molecule has 2 aromatic rings. The van der Waals surface area contributed by atoms with Gasteiger partial charge in [0.05, 0.1) is 0 Å². The van der Waals surface area contributed by atoms with E-state index in [2.05, 4.69) is 55.6 Å². The smallest absolute Gasteiger partial charge is 0.253 e. The van der Waals surface area contributed by atoms with Crippen LogP contribution in [0.2, 0.25) is 0 Å². The fraction of sp³-hybridized carbons (Fsp3) is 0.409. The Morgan fingerprint density at radius 2 is 1.44 bits per heavy atom. The highest BCUT2D eigenvalue weighted by atomic mass is 16.2. The summed E-state index contributed by atoms with van der Waals surface area (Å²) in [6.45, 7) is 7.84. The van der Waals surface area contributed by atoms with E-state index >= 15 is 0 Å². The van der Waals surface area contributed by atoms with E-state index < -0.39 is 0 Å². The predicted octanol–water partition coefficient (Wildman–Crippen LogP) is 4.30. The molecule has 1 saturated heterocycles. The van der Waals surface area contributed by atoms with Gasteiger partial charge in [-0.05, 0) is 47.6 Å².